The zero-order valence-electron chi connectivity index (χ0n) is 7.63. The highest BCUT2D eigenvalue weighted by atomic mass is 32.2. The third kappa shape index (κ3) is 6.35. The molecule has 0 saturated heterocycles. The van der Waals surface area contributed by atoms with Gasteiger partial charge in [0, 0.05) is 6.26 Å². The van der Waals surface area contributed by atoms with Gasteiger partial charge in [-0.3, -0.25) is 0 Å². The molecule has 11 heavy (non-hydrogen) atoms. The second-order valence-electron chi connectivity index (χ2n) is 3.16. The van der Waals surface area contributed by atoms with Crippen molar-refractivity contribution in [2.45, 2.75) is 33.1 Å². The van der Waals surface area contributed by atoms with Crippen molar-refractivity contribution >= 4 is 9.84 Å². The molecule has 68 valence electrons. The summed E-state index contributed by atoms with van der Waals surface area (Å²) in [5.74, 6) is 0.729. The lowest BCUT2D eigenvalue weighted by Crippen LogP contribution is -2.13. The molecule has 0 amide bonds. The van der Waals surface area contributed by atoms with E-state index in [0.29, 0.717) is 11.7 Å². The van der Waals surface area contributed by atoms with Crippen molar-refractivity contribution in [2.24, 2.45) is 5.92 Å². The van der Waals surface area contributed by atoms with Crippen LogP contribution in [0.5, 0.6) is 0 Å². The molecule has 1 unspecified atom stereocenters. The standard InChI is InChI=1S/C8H18O2S/c1-4-6-8(5-2)7-11(3,9)10/h8H,4-7H2,1-3H3. The van der Waals surface area contributed by atoms with Crippen molar-refractivity contribution in [1.29, 1.82) is 0 Å². The molecule has 0 fully saturated rings. The van der Waals surface area contributed by atoms with Gasteiger partial charge in [-0.2, -0.15) is 0 Å². The first-order chi connectivity index (χ1) is 4.99. The first kappa shape index (κ1) is 11.0. The minimum absolute atomic E-state index is 0.358. The molecule has 2 nitrogen and oxygen atoms in total. The Balaban J connectivity index is 3.88. The molecule has 0 aromatic rings. The molecule has 0 spiro atoms. The SMILES string of the molecule is CCCC(CC)CS(C)(=O)=O. The normalized spacial score (nSPS) is 14.8. The highest BCUT2D eigenvalue weighted by Crippen LogP contribution is 2.12. The Kier molecular flexibility index (Phi) is 4.73. The Morgan fingerprint density at radius 3 is 2.09 bits per heavy atom. The van der Waals surface area contributed by atoms with E-state index in [0.717, 1.165) is 19.3 Å². The summed E-state index contributed by atoms with van der Waals surface area (Å²) in [5.41, 5.74) is 0. The Morgan fingerprint density at radius 1 is 1.27 bits per heavy atom. The molecule has 0 aliphatic rings. The molecule has 0 N–H and O–H groups in total. The van der Waals surface area contributed by atoms with Gasteiger partial charge in [-0.25, -0.2) is 8.42 Å². The monoisotopic (exact) mass is 178 g/mol. The van der Waals surface area contributed by atoms with Gasteiger partial charge in [-0.1, -0.05) is 26.7 Å². The maximum absolute atomic E-state index is 10.9. The highest BCUT2D eigenvalue weighted by Gasteiger charge is 2.11. The predicted molar refractivity (Wildman–Crippen MR) is 48.4 cm³/mol. The van der Waals surface area contributed by atoms with Gasteiger partial charge >= 0.3 is 0 Å². The highest BCUT2D eigenvalue weighted by molar-refractivity contribution is 7.90. The van der Waals surface area contributed by atoms with Crippen LogP contribution in [-0.4, -0.2) is 20.4 Å². The summed E-state index contributed by atoms with van der Waals surface area (Å²) in [5, 5.41) is 0. The molecule has 0 rings (SSSR count). The third-order valence-electron chi connectivity index (χ3n) is 1.81. The van der Waals surface area contributed by atoms with Crippen LogP contribution in [0.15, 0.2) is 0 Å². The summed E-state index contributed by atoms with van der Waals surface area (Å²) >= 11 is 0. The van der Waals surface area contributed by atoms with Crippen LogP contribution in [-0.2, 0) is 9.84 Å². The van der Waals surface area contributed by atoms with Crippen molar-refractivity contribution in [3.63, 3.8) is 0 Å². The lowest BCUT2D eigenvalue weighted by atomic mass is 10.0. The molecule has 1 atom stereocenters. The van der Waals surface area contributed by atoms with Crippen molar-refractivity contribution in [3.8, 4) is 0 Å². The summed E-state index contributed by atoms with van der Waals surface area (Å²) in [6.07, 6.45) is 4.39. The third-order valence-corrected chi connectivity index (χ3v) is 2.89. The van der Waals surface area contributed by atoms with E-state index in [1.807, 2.05) is 6.92 Å². The van der Waals surface area contributed by atoms with E-state index in [4.69, 9.17) is 0 Å². The fraction of sp³-hybridized carbons (Fsp3) is 1.00. The Labute approximate surface area is 69.9 Å². The maximum Gasteiger partial charge on any atom is 0.147 e. The Morgan fingerprint density at radius 2 is 1.82 bits per heavy atom. The number of hydrogen-bond acceptors (Lipinski definition) is 2. The largest absolute Gasteiger partial charge is 0.229 e. The fourth-order valence-electron chi connectivity index (χ4n) is 1.24. The van der Waals surface area contributed by atoms with Gasteiger partial charge in [0.2, 0.25) is 0 Å². The summed E-state index contributed by atoms with van der Waals surface area (Å²) in [6.45, 7) is 4.14. The van der Waals surface area contributed by atoms with Crippen LogP contribution >= 0.6 is 0 Å². The van der Waals surface area contributed by atoms with Gasteiger partial charge in [-0.15, -0.1) is 0 Å². The lowest BCUT2D eigenvalue weighted by molar-refractivity contribution is 0.499. The molecule has 0 heterocycles. The van der Waals surface area contributed by atoms with Crippen LogP contribution in [0.2, 0.25) is 0 Å². The Bertz CT molecular complexity index is 182. The van der Waals surface area contributed by atoms with Crippen LogP contribution in [0, 0.1) is 5.92 Å². The van der Waals surface area contributed by atoms with E-state index < -0.39 is 9.84 Å². The molecule has 0 bridgehead atoms. The first-order valence-corrected chi connectivity index (χ1v) is 6.23. The average molecular weight is 178 g/mol. The van der Waals surface area contributed by atoms with Crippen LogP contribution in [0.3, 0.4) is 0 Å². The summed E-state index contributed by atoms with van der Waals surface area (Å²) in [7, 11) is -2.76. The zero-order valence-corrected chi connectivity index (χ0v) is 8.45. The Hall–Kier alpha value is -0.0500. The topological polar surface area (TPSA) is 34.1 Å². The van der Waals surface area contributed by atoms with E-state index in [1.54, 1.807) is 0 Å². The van der Waals surface area contributed by atoms with Gasteiger partial charge in [0.15, 0.2) is 0 Å². The van der Waals surface area contributed by atoms with Crippen molar-refractivity contribution < 1.29 is 8.42 Å². The van der Waals surface area contributed by atoms with Crippen molar-refractivity contribution in [3.05, 3.63) is 0 Å². The summed E-state index contributed by atoms with van der Waals surface area (Å²) in [4.78, 5) is 0. The quantitative estimate of drug-likeness (QED) is 0.644. The molecule has 0 aromatic heterocycles. The minimum atomic E-state index is -2.76. The number of hydrogen-bond donors (Lipinski definition) is 0. The van der Waals surface area contributed by atoms with E-state index in [2.05, 4.69) is 6.92 Å². The molecule has 3 heteroatoms. The van der Waals surface area contributed by atoms with Gasteiger partial charge in [-0.05, 0) is 12.3 Å². The summed E-state index contributed by atoms with van der Waals surface area (Å²) in [6, 6.07) is 0. The number of rotatable bonds is 5. The van der Waals surface area contributed by atoms with E-state index in [1.165, 1.54) is 6.26 Å². The second-order valence-corrected chi connectivity index (χ2v) is 5.34. The van der Waals surface area contributed by atoms with Crippen molar-refractivity contribution in [2.75, 3.05) is 12.0 Å². The van der Waals surface area contributed by atoms with Crippen LogP contribution in [0.4, 0.5) is 0 Å². The predicted octanol–water partition coefficient (Wildman–Crippen LogP) is 1.86. The first-order valence-electron chi connectivity index (χ1n) is 4.17. The van der Waals surface area contributed by atoms with E-state index in [9.17, 15) is 8.42 Å². The molecular weight excluding hydrogens is 160 g/mol. The van der Waals surface area contributed by atoms with Gasteiger partial charge in [0.25, 0.3) is 0 Å². The summed E-state index contributed by atoms with van der Waals surface area (Å²) < 4.78 is 21.8. The average Bonchev–Trinajstić information content (AvgIpc) is 1.84. The minimum Gasteiger partial charge on any atom is -0.229 e. The molecule has 0 aliphatic heterocycles. The second kappa shape index (κ2) is 4.75. The molecule has 0 saturated carbocycles. The molecule has 0 aliphatic carbocycles. The van der Waals surface area contributed by atoms with E-state index >= 15 is 0 Å². The van der Waals surface area contributed by atoms with Crippen LogP contribution in [0.25, 0.3) is 0 Å². The van der Waals surface area contributed by atoms with Gasteiger partial charge in [0.05, 0.1) is 5.75 Å². The fourth-order valence-corrected chi connectivity index (χ4v) is 2.50. The molecular formula is C8H18O2S. The zero-order chi connectivity index (χ0) is 8.91. The molecule has 0 radical (unpaired) electrons. The van der Waals surface area contributed by atoms with Crippen molar-refractivity contribution in [1.82, 2.24) is 0 Å². The lowest BCUT2D eigenvalue weighted by Gasteiger charge is -2.11. The molecule has 0 aromatic carbocycles. The van der Waals surface area contributed by atoms with Gasteiger partial charge < -0.3 is 0 Å². The smallest absolute Gasteiger partial charge is 0.147 e. The number of sulfone groups is 1. The van der Waals surface area contributed by atoms with E-state index in [-0.39, 0.29) is 0 Å². The van der Waals surface area contributed by atoms with Crippen LogP contribution in [0.1, 0.15) is 33.1 Å². The van der Waals surface area contributed by atoms with Crippen LogP contribution < -0.4 is 0 Å². The van der Waals surface area contributed by atoms with Gasteiger partial charge in [0.1, 0.15) is 9.84 Å². The maximum atomic E-state index is 10.9.